The number of nitrogens with zero attached hydrogens (tertiary/aromatic N) is 2. The van der Waals surface area contributed by atoms with Crippen molar-refractivity contribution in [3.05, 3.63) is 35.4 Å². The molecule has 1 saturated heterocycles. The van der Waals surface area contributed by atoms with Crippen LogP contribution in [0.2, 0.25) is 0 Å². The third kappa shape index (κ3) is 2.27. The molecule has 1 amide bonds. The van der Waals surface area contributed by atoms with Gasteiger partial charge in [0.15, 0.2) is 0 Å². The standard InChI is InChI=1S/C15H20N2O/c1-16-8-10-17(11-9-16)15(18)14-5-3-2-4-13(14)12-6-7-12/h2-5,12H,6-11H2,1H3. The fourth-order valence-corrected chi connectivity index (χ4v) is 2.62. The molecule has 1 aliphatic carbocycles. The van der Waals surface area contributed by atoms with Gasteiger partial charge >= 0.3 is 0 Å². The second-order valence-corrected chi connectivity index (χ2v) is 5.46. The van der Waals surface area contributed by atoms with E-state index < -0.39 is 0 Å². The number of hydrogen-bond acceptors (Lipinski definition) is 2. The molecule has 0 spiro atoms. The van der Waals surface area contributed by atoms with Gasteiger partial charge in [0.1, 0.15) is 0 Å². The van der Waals surface area contributed by atoms with Gasteiger partial charge in [-0.15, -0.1) is 0 Å². The summed E-state index contributed by atoms with van der Waals surface area (Å²) < 4.78 is 0. The summed E-state index contributed by atoms with van der Waals surface area (Å²) in [7, 11) is 2.11. The molecule has 0 N–H and O–H groups in total. The number of likely N-dealkylation sites (N-methyl/N-ethyl adjacent to an activating group) is 1. The Kier molecular flexibility index (Phi) is 3.08. The normalized spacial score (nSPS) is 21.1. The van der Waals surface area contributed by atoms with Crippen LogP contribution >= 0.6 is 0 Å². The van der Waals surface area contributed by atoms with Crippen LogP contribution in [0.25, 0.3) is 0 Å². The maximum Gasteiger partial charge on any atom is 0.254 e. The Morgan fingerprint density at radius 3 is 2.44 bits per heavy atom. The molecule has 3 rings (SSSR count). The van der Waals surface area contributed by atoms with E-state index >= 15 is 0 Å². The van der Waals surface area contributed by atoms with Crippen molar-refractivity contribution in [3.63, 3.8) is 0 Å². The molecule has 1 saturated carbocycles. The number of benzene rings is 1. The van der Waals surface area contributed by atoms with Gasteiger partial charge in [-0.05, 0) is 37.4 Å². The molecule has 0 radical (unpaired) electrons. The van der Waals surface area contributed by atoms with E-state index in [0.29, 0.717) is 5.92 Å². The SMILES string of the molecule is CN1CCN(C(=O)c2ccccc2C2CC2)CC1. The first-order valence-corrected chi connectivity index (χ1v) is 6.82. The number of rotatable bonds is 2. The van der Waals surface area contributed by atoms with Crippen LogP contribution in [0.3, 0.4) is 0 Å². The molecule has 96 valence electrons. The molecule has 18 heavy (non-hydrogen) atoms. The average Bonchev–Trinajstić information content (AvgIpc) is 3.23. The van der Waals surface area contributed by atoms with E-state index in [1.165, 1.54) is 18.4 Å². The summed E-state index contributed by atoms with van der Waals surface area (Å²) >= 11 is 0. The molecule has 1 aliphatic heterocycles. The van der Waals surface area contributed by atoms with Crippen molar-refractivity contribution < 1.29 is 4.79 Å². The summed E-state index contributed by atoms with van der Waals surface area (Å²) in [4.78, 5) is 16.8. The van der Waals surface area contributed by atoms with E-state index in [1.807, 2.05) is 17.0 Å². The highest BCUT2D eigenvalue weighted by molar-refractivity contribution is 5.96. The van der Waals surface area contributed by atoms with E-state index in [9.17, 15) is 4.79 Å². The van der Waals surface area contributed by atoms with Gasteiger partial charge in [0.05, 0.1) is 0 Å². The number of carbonyl (C=O) groups is 1. The highest BCUT2D eigenvalue weighted by Crippen LogP contribution is 2.41. The molecule has 2 aliphatic rings. The number of piperazine rings is 1. The molecule has 0 bridgehead atoms. The lowest BCUT2D eigenvalue weighted by Crippen LogP contribution is -2.47. The molecular weight excluding hydrogens is 224 g/mol. The summed E-state index contributed by atoms with van der Waals surface area (Å²) in [5.74, 6) is 0.864. The molecule has 1 aromatic rings. The lowest BCUT2D eigenvalue weighted by Gasteiger charge is -2.32. The number of carbonyl (C=O) groups excluding carboxylic acids is 1. The Hall–Kier alpha value is -1.35. The molecular formula is C15H20N2O. The van der Waals surface area contributed by atoms with Gasteiger partial charge in [-0.1, -0.05) is 18.2 Å². The monoisotopic (exact) mass is 244 g/mol. The van der Waals surface area contributed by atoms with Crippen LogP contribution in [0.5, 0.6) is 0 Å². The summed E-state index contributed by atoms with van der Waals surface area (Å²) in [5.41, 5.74) is 2.20. The Labute approximate surface area is 108 Å². The third-order valence-electron chi connectivity index (χ3n) is 4.00. The molecule has 0 aromatic heterocycles. The topological polar surface area (TPSA) is 23.6 Å². The summed E-state index contributed by atoms with van der Waals surface area (Å²) in [6, 6.07) is 8.15. The van der Waals surface area contributed by atoms with Crippen LogP contribution in [-0.2, 0) is 0 Å². The fourth-order valence-electron chi connectivity index (χ4n) is 2.62. The average molecular weight is 244 g/mol. The highest BCUT2D eigenvalue weighted by atomic mass is 16.2. The predicted octanol–water partition coefficient (Wildman–Crippen LogP) is 1.95. The maximum atomic E-state index is 12.6. The Balaban J connectivity index is 1.79. The van der Waals surface area contributed by atoms with Crippen LogP contribution in [0, 0.1) is 0 Å². The molecule has 1 heterocycles. The summed E-state index contributed by atoms with van der Waals surface area (Å²) in [6.45, 7) is 3.68. The molecule has 1 aromatic carbocycles. The molecule has 2 fully saturated rings. The second-order valence-electron chi connectivity index (χ2n) is 5.46. The van der Waals surface area contributed by atoms with E-state index in [-0.39, 0.29) is 5.91 Å². The first-order valence-electron chi connectivity index (χ1n) is 6.82. The zero-order chi connectivity index (χ0) is 12.5. The first kappa shape index (κ1) is 11.7. The molecule has 3 nitrogen and oxygen atoms in total. The van der Waals surface area contributed by atoms with Crippen LogP contribution < -0.4 is 0 Å². The van der Waals surface area contributed by atoms with Crippen LogP contribution in [0.4, 0.5) is 0 Å². The van der Waals surface area contributed by atoms with Crippen molar-refractivity contribution in [2.45, 2.75) is 18.8 Å². The predicted molar refractivity (Wildman–Crippen MR) is 71.8 cm³/mol. The Morgan fingerprint density at radius 1 is 1.11 bits per heavy atom. The number of amides is 1. The maximum absolute atomic E-state index is 12.6. The lowest BCUT2D eigenvalue weighted by atomic mass is 10.0. The molecule has 3 heteroatoms. The van der Waals surface area contributed by atoms with Gasteiger partial charge in [-0.25, -0.2) is 0 Å². The largest absolute Gasteiger partial charge is 0.336 e. The zero-order valence-corrected chi connectivity index (χ0v) is 10.9. The number of hydrogen-bond donors (Lipinski definition) is 0. The van der Waals surface area contributed by atoms with Crippen LogP contribution in [-0.4, -0.2) is 48.9 Å². The van der Waals surface area contributed by atoms with Crippen molar-refractivity contribution in [2.75, 3.05) is 33.2 Å². The Bertz CT molecular complexity index is 446. The lowest BCUT2D eigenvalue weighted by molar-refractivity contribution is 0.0663. The molecule has 0 unspecified atom stereocenters. The zero-order valence-electron chi connectivity index (χ0n) is 10.9. The van der Waals surface area contributed by atoms with Crippen molar-refractivity contribution >= 4 is 5.91 Å². The third-order valence-corrected chi connectivity index (χ3v) is 4.00. The van der Waals surface area contributed by atoms with E-state index in [2.05, 4.69) is 24.1 Å². The minimum absolute atomic E-state index is 0.227. The van der Waals surface area contributed by atoms with Gasteiger partial charge in [-0.2, -0.15) is 0 Å². The Morgan fingerprint density at radius 2 is 1.78 bits per heavy atom. The quantitative estimate of drug-likeness (QED) is 0.794. The van der Waals surface area contributed by atoms with Gasteiger partial charge in [-0.3, -0.25) is 4.79 Å². The van der Waals surface area contributed by atoms with E-state index in [1.54, 1.807) is 0 Å². The highest BCUT2D eigenvalue weighted by Gasteiger charge is 2.29. The second kappa shape index (κ2) is 4.73. The van der Waals surface area contributed by atoms with Gasteiger partial charge in [0.2, 0.25) is 0 Å². The summed E-state index contributed by atoms with van der Waals surface area (Å²) in [5, 5.41) is 0. The van der Waals surface area contributed by atoms with Gasteiger partial charge in [0.25, 0.3) is 5.91 Å². The van der Waals surface area contributed by atoms with Crippen molar-refractivity contribution in [3.8, 4) is 0 Å². The summed E-state index contributed by atoms with van der Waals surface area (Å²) in [6.07, 6.45) is 2.49. The van der Waals surface area contributed by atoms with Gasteiger partial charge < -0.3 is 9.80 Å². The van der Waals surface area contributed by atoms with Crippen LogP contribution in [0.1, 0.15) is 34.7 Å². The van der Waals surface area contributed by atoms with Crippen molar-refractivity contribution in [2.24, 2.45) is 0 Å². The fraction of sp³-hybridized carbons (Fsp3) is 0.533. The molecule has 0 atom stereocenters. The van der Waals surface area contributed by atoms with E-state index in [0.717, 1.165) is 31.7 Å². The van der Waals surface area contributed by atoms with E-state index in [4.69, 9.17) is 0 Å². The van der Waals surface area contributed by atoms with Gasteiger partial charge in [0, 0.05) is 31.7 Å². The van der Waals surface area contributed by atoms with Crippen molar-refractivity contribution in [1.29, 1.82) is 0 Å². The minimum atomic E-state index is 0.227. The van der Waals surface area contributed by atoms with Crippen molar-refractivity contribution in [1.82, 2.24) is 9.80 Å². The minimum Gasteiger partial charge on any atom is -0.336 e. The smallest absolute Gasteiger partial charge is 0.254 e. The first-order chi connectivity index (χ1) is 8.75. The van der Waals surface area contributed by atoms with Crippen LogP contribution in [0.15, 0.2) is 24.3 Å².